The lowest BCUT2D eigenvalue weighted by Gasteiger charge is -2.32. The van der Waals surface area contributed by atoms with Gasteiger partial charge in [0.1, 0.15) is 0 Å². The van der Waals surface area contributed by atoms with Crippen LogP contribution in [0, 0.1) is 5.92 Å². The largest absolute Gasteiger partial charge is 0.324 e. The molecule has 0 bridgehead atoms. The molecule has 0 saturated carbocycles. The van der Waals surface area contributed by atoms with Gasteiger partial charge in [0, 0.05) is 28.6 Å². The Morgan fingerprint density at radius 1 is 1.52 bits per heavy atom. The molecule has 21 heavy (non-hydrogen) atoms. The van der Waals surface area contributed by atoms with E-state index >= 15 is 0 Å². The Balaban J connectivity index is 2.05. The molecule has 2 rings (SSSR count). The molecule has 1 aliphatic rings. The highest BCUT2D eigenvalue weighted by atomic mass is 79.9. The first-order valence-electron chi connectivity index (χ1n) is 6.93. The molecule has 2 unspecified atom stereocenters. The van der Waals surface area contributed by atoms with E-state index in [2.05, 4.69) is 15.9 Å². The lowest BCUT2D eigenvalue weighted by atomic mass is 9.90. The van der Waals surface area contributed by atoms with Crippen molar-refractivity contribution in [3.63, 3.8) is 0 Å². The van der Waals surface area contributed by atoms with Gasteiger partial charge in [-0.1, -0.05) is 27.5 Å². The Kier molecular flexibility index (Phi) is 5.71. The Morgan fingerprint density at radius 3 is 2.90 bits per heavy atom. The molecular formula is C14H20BrClN2O2S. The quantitative estimate of drug-likeness (QED) is 0.851. The summed E-state index contributed by atoms with van der Waals surface area (Å²) in [4.78, 5) is 0. The van der Waals surface area contributed by atoms with Gasteiger partial charge < -0.3 is 5.73 Å². The summed E-state index contributed by atoms with van der Waals surface area (Å²) in [6, 6.07) is 5.46. The average molecular weight is 396 g/mol. The van der Waals surface area contributed by atoms with Crippen molar-refractivity contribution in [1.82, 2.24) is 4.31 Å². The van der Waals surface area contributed by atoms with Crippen molar-refractivity contribution in [2.45, 2.75) is 25.3 Å². The standard InChI is InChI=1S/C14H20BrClN2O2S/c1-21(19,20)18-6-2-3-10(9-18)7-14(17)12-8-11(15)4-5-13(12)16/h4-5,8,10,14H,2-3,6-7,9,17H2,1H3. The molecule has 1 fully saturated rings. The number of nitrogens with two attached hydrogens (primary N) is 1. The van der Waals surface area contributed by atoms with E-state index in [-0.39, 0.29) is 12.0 Å². The molecule has 7 heteroatoms. The number of piperidine rings is 1. The summed E-state index contributed by atoms with van der Waals surface area (Å²) < 4.78 is 25.8. The molecule has 1 saturated heterocycles. The predicted octanol–water partition coefficient (Wildman–Crippen LogP) is 3.16. The van der Waals surface area contributed by atoms with Crippen molar-refractivity contribution in [1.29, 1.82) is 0 Å². The maximum atomic E-state index is 11.7. The normalized spacial score (nSPS) is 22.2. The summed E-state index contributed by atoms with van der Waals surface area (Å²) in [5.41, 5.74) is 7.18. The predicted molar refractivity (Wildman–Crippen MR) is 89.8 cm³/mol. The van der Waals surface area contributed by atoms with Crippen LogP contribution >= 0.6 is 27.5 Å². The molecule has 1 aliphatic heterocycles. The molecule has 2 atom stereocenters. The van der Waals surface area contributed by atoms with E-state index in [0.717, 1.165) is 29.3 Å². The molecule has 4 nitrogen and oxygen atoms in total. The maximum Gasteiger partial charge on any atom is 0.211 e. The van der Waals surface area contributed by atoms with Gasteiger partial charge in [-0.2, -0.15) is 0 Å². The molecule has 0 aliphatic carbocycles. The SMILES string of the molecule is CS(=O)(=O)N1CCCC(CC(N)c2cc(Br)ccc2Cl)C1. The van der Waals surface area contributed by atoms with Crippen LogP contribution < -0.4 is 5.73 Å². The summed E-state index contributed by atoms with van der Waals surface area (Å²) in [6.07, 6.45) is 3.89. The highest BCUT2D eigenvalue weighted by Gasteiger charge is 2.27. The van der Waals surface area contributed by atoms with Crippen LogP contribution in [0.5, 0.6) is 0 Å². The third-order valence-corrected chi connectivity index (χ3v) is 6.00. The Labute approximate surface area is 139 Å². The molecule has 1 heterocycles. The number of benzene rings is 1. The molecule has 0 amide bonds. The number of rotatable bonds is 4. The highest BCUT2D eigenvalue weighted by Crippen LogP contribution is 2.31. The van der Waals surface area contributed by atoms with Crippen molar-refractivity contribution in [2.75, 3.05) is 19.3 Å². The van der Waals surface area contributed by atoms with Crippen LogP contribution in [0.4, 0.5) is 0 Å². The lowest BCUT2D eigenvalue weighted by Crippen LogP contribution is -2.40. The third kappa shape index (κ3) is 4.66. The van der Waals surface area contributed by atoms with Gasteiger partial charge in [-0.3, -0.25) is 0 Å². The number of hydrogen-bond acceptors (Lipinski definition) is 3. The van der Waals surface area contributed by atoms with Gasteiger partial charge in [-0.15, -0.1) is 0 Å². The van der Waals surface area contributed by atoms with Crippen LogP contribution in [0.3, 0.4) is 0 Å². The minimum absolute atomic E-state index is 0.181. The van der Waals surface area contributed by atoms with E-state index in [4.69, 9.17) is 17.3 Å². The Hall–Kier alpha value is -0.140. The monoisotopic (exact) mass is 394 g/mol. The minimum Gasteiger partial charge on any atom is -0.324 e. The van der Waals surface area contributed by atoms with Crippen LogP contribution in [0.25, 0.3) is 0 Å². The fourth-order valence-electron chi connectivity index (χ4n) is 2.81. The molecule has 0 spiro atoms. The van der Waals surface area contributed by atoms with Crippen LogP contribution in [-0.2, 0) is 10.0 Å². The summed E-state index contributed by atoms with van der Waals surface area (Å²) in [5, 5.41) is 0.654. The van der Waals surface area contributed by atoms with E-state index < -0.39 is 10.0 Å². The summed E-state index contributed by atoms with van der Waals surface area (Å²) in [7, 11) is -3.12. The number of hydrogen-bond donors (Lipinski definition) is 1. The zero-order chi connectivity index (χ0) is 15.6. The van der Waals surface area contributed by atoms with Gasteiger partial charge >= 0.3 is 0 Å². The van der Waals surface area contributed by atoms with E-state index in [1.807, 2.05) is 18.2 Å². The van der Waals surface area contributed by atoms with Gasteiger partial charge in [0.05, 0.1) is 6.26 Å². The minimum atomic E-state index is -3.12. The number of nitrogens with zero attached hydrogens (tertiary/aromatic N) is 1. The molecular weight excluding hydrogens is 376 g/mol. The highest BCUT2D eigenvalue weighted by molar-refractivity contribution is 9.10. The van der Waals surface area contributed by atoms with Crippen molar-refractivity contribution in [3.8, 4) is 0 Å². The zero-order valence-corrected chi connectivity index (χ0v) is 15.1. The smallest absolute Gasteiger partial charge is 0.211 e. The van der Waals surface area contributed by atoms with Gasteiger partial charge in [0.15, 0.2) is 0 Å². The summed E-state index contributed by atoms with van der Waals surface area (Å²) in [6.45, 7) is 1.17. The van der Waals surface area contributed by atoms with Gasteiger partial charge in [-0.25, -0.2) is 12.7 Å². The van der Waals surface area contributed by atoms with E-state index in [1.165, 1.54) is 6.26 Å². The van der Waals surface area contributed by atoms with Gasteiger partial charge in [-0.05, 0) is 48.9 Å². The van der Waals surface area contributed by atoms with Crippen molar-refractivity contribution >= 4 is 37.6 Å². The fraction of sp³-hybridized carbons (Fsp3) is 0.571. The van der Waals surface area contributed by atoms with Gasteiger partial charge in [0.2, 0.25) is 10.0 Å². The Morgan fingerprint density at radius 2 is 2.24 bits per heavy atom. The van der Waals surface area contributed by atoms with E-state index in [0.29, 0.717) is 18.1 Å². The molecule has 0 aromatic heterocycles. The fourth-order valence-corrected chi connectivity index (χ4v) is 4.38. The Bertz CT molecular complexity index is 609. The average Bonchev–Trinajstić information content (AvgIpc) is 2.41. The van der Waals surface area contributed by atoms with Crippen LogP contribution in [-0.4, -0.2) is 32.1 Å². The second-order valence-electron chi connectivity index (χ2n) is 5.64. The number of sulfonamides is 1. The first-order chi connectivity index (χ1) is 9.77. The molecule has 1 aromatic carbocycles. The van der Waals surface area contributed by atoms with Crippen LogP contribution in [0.15, 0.2) is 22.7 Å². The first kappa shape index (κ1) is 17.2. The van der Waals surface area contributed by atoms with E-state index in [9.17, 15) is 8.42 Å². The topological polar surface area (TPSA) is 63.4 Å². The maximum absolute atomic E-state index is 11.7. The third-order valence-electron chi connectivity index (χ3n) is 3.90. The molecule has 1 aromatic rings. The lowest BCUT2D eigenvalue weighted by molar-refractivity contribution is 0.247. The van der Waals surface area contributed by atoms with Gasteiger partial charge in [0.25, 0.3) is 0 Å². The number of halogens is 2. The molecule has 2 N–H and O–H groups in total. The first-order valence-corrected chi connectivity index (χ1v) is 9.95. The van der Waals surface area contributed by atoms with Crippen molar-refractivity contribution in [2.24, 2.45) is 11.7 Å². The van der Waals surface area contributed by atoms with Crippen LogP contribution in [0.1, 0.15) is 30.9 Å². The second kappa shape index (κ2) is 6.96. The second-order valence-corrected chi connectivity index (χ2v) is 8.94. The van der Waals surface area contributed by atoms with Crippen LogP contribution in [0.2, 0.25) is 5.02 Å². The van der Waals surface area contributed by atoms with E-state index in [1.54, 1.807) is 4.31 Å². The van der Waals surface area contributed by atoms with Crippen molar-refractivity contribution < 1.29 is 8.42 Å². The zero-order valence-electron chi connectivity index (χ0n) is 11.9. The summed E-state index contributed by atoms with van der Waals surface area (Å²) in [5.74, 6) is 0.276. The summed E-state index contributed by atoms with van der Waals surface area (Å²) >= 11 is 9.63. The molecule has 0 radical (unpaired) electrons. The van der Waals surface area contributed by atoms with Crippen molar-refractivity contribution in [3.05, 3.63) is 33.3 Å². The molecule has 118 valence electrons.